The van der Waals surface area contributed by atoms with E-state index in [1.807, 2.05) is 6.92 Å². The lowest BCUT2D eigenvalue weighted by Gasteiger charge is -2.20. The van der Waals surface area contributed by atoms with E-state index >= 15 is 0 Å². The molecule has 152 valence electrons. The number of fused-ring (bicyclic) bond motifs is 1. The molecule has 0 saturated heterocycles. The minimum atomic E-state index is -0.422. The maximum Gasteiger partial charge on any atom is 0.269 e. The number of aromatic nitrogens is 2. The molecule has 9 heteroatoms. The van der Waals surface area contributed by atoms with Crippen LogP contribution in [0.2, 0.25) is 0 Å². The van der Waals surface area contributed by atoms with Gasteiger partial charge >= 0.3 is 0 Å². The van der Waals surface area contributed by atoms with Crippen molar-refractivity contribution in [1.29, 1.82) is 0 Å². The van der Waals surface area contributed by atoms with Crippen molar-refractivity contribution in [1.82, 2.24) is 14.9 Å². The molecule has 0 radical (unpaired) electrons. The molecule has 0 bridgehead atoms. The highest BCUT2D eigenvalue weighted by Crippen LogP contribution is 2.30. The number of ether oxygens (including phenoxy) is 2. The number of non-ortho nitro benzene ring substituents is 1. The molecular weight excluding hydrogens is 376 g/mol. The summed E-state index contributed by atoms with van der Waals surface area (Å²) in [4.78, 5) is 32.4. The number of nitro groups is 1. The second-order valence-corrected chi connectivity index (χ2v) is 6.46. The molecule has 0 aliphatic rings. The van der Waals surface area contributed by atoms with Crippen LogP contribution in [0.4, 0.5) is 5.69 Å². The molecule has 3 rings (SSSR count). The van der Waals surface area contributed by atoms with Gasteiger partial charge in [0.05, 0.1) is 36.6 Å². The van der Waals surface area contributed by atoms with Crippen LogP contribution < -0.4 is 15.0 Å². The van der Waals surface area contributed by atoms with Crippen LogP contribution in [0.5, 0.6) is 11.5 Å². The summed E-state index contributed by atoms with van der Waals surface area (Å²) in [5, 5.41) is 11.2. The molecule has 1 N–H and O–H groups in total. The van der Waals surface area contributed by atoms with Crippen LogP contribution in [0, 0.1) is 10.1 Å². The van der Waals surface area contributed by atoms with E-state index in [4.69, 9.17) is 9.47 Å². The molecule has 0 atom stereocenters. The third-order valence-electron chi connectivity index (χ3n) is 4.63. The van der Waals surface area contributed by atoms with Crippen LogP contribution in [0.25, 0.3) is 10.9 Å². The van der Waals surface area contributed by atoms with Crippen LogP contribution in [-0.2, 0) is 13.1 Å². The summed E-state index contributed by atoms with van der Waals surface area (Å²) in [6.07, 6.45) is 0. The van der Waals surface area contributed by atoms with Crippen molar-refractivity contribution in [2.75, 3.05) is 20.8 Å². The summed E-state index contributed by atoms with van der Waals surface area (Å²) in [5.41, 5.74) is 1.26. The van der Waals surface area contributed by atoms with Crippen molar-refractivity contribution in [2.45, 2.75) is 20.0 Å². The molecule has 0 aliphatic heterocycles. The lowest BCUT2D eigenvalue weighted by atomic mass is 10.2. The third kappa shape index (κ3) is 4.52. The van der Waals surface area contributed by atoms with Crippen molar-refractivity contribution in [2.24, 2.45) is 0 Å². The molecule has 29 heavy (non-hydrogen) atoms. The molecule has 0 amide bonds. The monoisotopic (exact) mass is 398 g/mol. The molecule has 0 saturated carbocycles. The van der Waals surface area contributed by atoms with Gasteiger partial charge in [-0.1, -0.05) is 19.1 Å². The van der Waals surface area contributed by atoms with E-state index in [0.29, 0.717) is 47.9 Å². The number of rotatable bonds is 8. The summed E-state index contributed by atoms with van der Waals surface area (Å²) >= 11 is 0. The van der Waals surface area contributed by atoms with Crippen molar-refractivity contribution in [3.63, 3.8) is 0 Å². The van der Waals surface area contributed by atoms with E-state index in [1.165, 1.54) is 26.4 Å². The Morgan fingerprint density at radius 2 is 1.76 bits per heavy atom. The number of aromatic amines is 1. The van der Waals surface area contributed by atoms with Gasteiger partial charge in [-0.15, -0.1) is 0 Å². The number of nitrogens with zero attached hydrogens (tertiary/aromatic N) is 3. The fourth-order valence-electron chi connectivity index (χ4n) is 3.06. The van der Waals surface area contributed by atoms with Crippen LogP contribution >= 0.6 is 0 Å². The molecule has 0 spiro atoms. The Morgan fingerprint density at radius 1 is 1.10 bits per heavy atom. The van der Waals surface area contributed by atoms with E-state index in [9.17, 15) is 14.9 Å². The number of benzene rings is 2. The van der Waals surface area contributed by atoms with Crippen molar-refractivity contribution < 1.29 is 14.4 Å². The fraction of sp³-hybridized carbons (Fsp3) is 0.300. The van der Waals surface area contributed by atoms with E-state index < -0.39 is 4.92 Å². The van der Waals surface area contributed by atoms with E-state index in [0.717, 1.165) is 5.56 Å². The number of nitro benzene ring substituents is 1. The molecule has 1 aromatic heterocycles. The van der Waals surface area contributed by atoms with Gasteiger partial charge in [-0.05, 0) is 18.2 Å². The van der Waals surface area contributed by atoms with Gasteiger partial charge in [0, 0.05) is 24.7 Å². The molecular formula is C20H22N4O5. The lowest BCUT2D eigenvalue weighted by Crippen LogP contribution is -2.25. The number of hydrogen-bond donors (Lipinski definition) is 1. The first-order valence-electron chi connectivity index (χ1n) is 9.05. The molecule has 2 aromatic carbocycles. The highest BCUT2D eigenvalue weighted by Gasteiger charge is 2.13. The topological polar surface area (TPSA) is 111 Å². The second kappa shape index (κ2) is 8.70. The summed E-state index contributed by atoms with van der Waals surface area (Å²) in [7, 11) is 3.04. The van der Waals surface area contributed by atoms with Gasteiger partial charge in [0.25, 0.3) is 11.2 Å². The first-order valence-corrected chi connectivity index (χ1v) is 9.05. The molecule has 9 nitrogen and oxygen atoms in total. The lowest BCUT2D eigenvalue weighted by molar-refractivity contribution is -0.384. The average molecular weight is 398 g/mol. The maximum absolute atomic E-state index is 12.5. The van der Waals surface area contributed by atoms with E-state index in [-0.39, 0.29) is 11.2 Å². The summed E-state index contributed by atoms with van der Waals surface area (Å²) < 4.78 is 10.5. The Kier molecular flexibility index (Phi) is 6.08. The van der Waals surface area contributed by atoms with Gasteiger partial charge in [-0.3, -0.25) is 19.8 Å². The number of nitrogens with one attached hydrogen (secondary N) is 1. The normalized spacial score (nSPS) is 11.0. The smallest absolute Gasteiger partial charge is 0.269 e. The zero-order valence-corrected chi connectivity index (χ0v) is 16.5. The van der Waals surface area contributed by atoms with Crippen molar-refractivity contribution in [3.8, 4) is 11.5 Å². The van der Waals surface area contributed by atoms with Crippen molar-refractivity contribution in [3.05, 3.63) is 68.3 Å². The quantitative estimate of drug-likeness (QED) is 0.459. The van der Waals surface area contributed by atoms with E-state index in [1.54, 1.807) is 24.3 Å². The van der Waals surface area contributed by atoms with Crippen LogP contribution in [-0.4, -0.2) is 40.6 Å². The summed E-state index contributed by atoms with van der Waals surface area (Å²) in [6, 6.07) is 9.72. The molecule has 3 aromatic rings. The van der Waals surface area contributed by atoms with Gasteiger partial charge in [-0.25, -0.2) is 4.98 Å². The first-order chi connectivity index (χ1) is 13.9. The number of methoxy groups -OCH3 is 2. The van der Waals surface area contributed by atoms with Gasteiger partial charge in [0.15, 0.2) is 11.5 Å². The van der Waals surface area contributed by atoms with Crippen LogP contribution in [0.1, 0.15) is 18.3 Å². The van der Waals surface area contributed by atoms with Crippen LogP contribution in [0.15, 0.2) is 41.2 Å². The van der Waals surface area contributed by atoms with E-state index in [2.05, 4.69) is 14.9 Å². The molecule has 1 heterocycles. The Labute approximate surface area is 167 Å². The Morgan fingerprint density at radius 3 is 2.34 bits per heavy atom. The third-order valence-corrected chi connectivity index (χ3v) is 4.63. The largest absolute Gasteiger partial charge is 0.493 e. The zero-order chi connectivity index (χ0) is 21.0. The first kappa shape index (κ1) is 20.3. The predicted molar refractivity (Wildman–Crippen MR) is 108 cm³/mol. The molecule has 0 aliphatic carbocycles. The summed E-state index contributed by atoms with van der Waals surface area (Å²) in [5.74, 6) is 1.49. The standard InChI is InChI=1S/C20H22N4O5/c1-4-23(11-13-5-7-14(8-6-13)24(26)27)12-19-21-16-10-18(29-3)17(28-2)9-15(16)20(25)22-19/h5-10H,4,11-12H2,1-3H3,(H,21,22,25). The van der Waals surface area contributed by atoms with Gasteiger partial charge in [-0.2, -0.15) is 0 Å². The average Bonchev–Trinajstić information content (AvgIpc) is 2.72. The number of H-pyrrole nitrogens is 1. The zero-order valence-electron chi connectivity index (χ0n) is 16.5. The highest BCUT2D eigenvalue weighted by atomic mass is 16.6. The minimum Gasteiger partial charge on any atom is -0.493 e. The second-order valence-electron chi connectivity index (χ2n) is 6.46. The highest BCUT2D eigenvalue weighted by molar-refractivity contribution is 5.81. The number of hydrogen-bond acceptors (Lipinski definition) is 7. The fourth-order valence-corrected chi connectivity index (χ4v) is 3.06. The summed E-state index contributed by atoms with van der Waals surface area (Å²) in [6.45, 7) is 3.71. The molecule has 0 unspecified atom stereocenters. The van der Waals surface area contributed by atoms with Gasteiger partial charge in [0.2, 0.25) is 0 Å². The van der Waals surface area contributed by atoms with Gasteiger partial charge < -0.3 is 14.5 Å². The Hall–Kier alpha value is -3.46. The van der Waals surface area contributed by atoms with Crippen molar-refractivity contribution >= 4 is 16.6 Å². The van der Waals surface area contributed by atoms with Gasteiger partial charge in [0.1, 0.15) is 5.82 Å². The maximum atomic E-state index is 12.5. The predicted octanol–water partition coefficient (Wildman–Crippen LogP) is 2.87. The Balaban J connectivity index is 1.85. The Bertz CT molecular complexity index is 1080. The molecule has 0 fully saturated rings. The SMILES string of the molecule is CCN(Cc1ccc([N+](=O)[O-])cc1)Cc1nc2cc(OC)c(OC)cc2c(=O)[nH]1. The van der Waals surface area contributed by atoms with Crippen LogP contribution in [0.3, 0.4) is 0 Å². The minimum absolute atomic E-state index is 0.0571.